The van der Waals surface area contributed by atoms with Crippen LogP contribution in [0.3, 0.4) is 0 Å². The summed E-state index contributed by atoms with van der Waals surface area (Å²) >= 11 is 0. The number of nitrogens with one attached hydrogen (secondary N) is 2. The van der Waals surface area contributed by atoms with E-state index in [1.165, 1.54) is 6.20 Å². The number of aryl methyl sites for hydroxylation is 1. The first-order valence-corrected chi connectivity index (χ1v) is 7.18. The molecule has 0 amide bonds. The molecule has 0 saturated carbocycles. The second-order valence-electron chi connectivity index (χ2n) is 4.94. The zero-order valence-corrected chi connectivity index (χ0v) is 12.1. The molecule has 1 aliphatic rings. The van der Waals surface area contributed by atoms with Gasteiger partial charge in [-0.3, -0.25) is 0 Å². The van der Waals surface area contributed by atoms with Gasteiger partial charge in [-0.25, -0.2) is 14.8 Å². The summed E-state index contributed by atoms with van der Waals surface area (Å²) < 4.78 is 4.97. The maximum atomic E-state index is 11.7. The van der Waals surface area contributed by atoms with Gasteiger partial charge < -0.3 is 15.4 Å². The molecule has 1 unspecified atom stereocenters. The van der Waals surface area contributed by atoms with E-state index in [0.717, 1.165) is 32.4 Å². The molecule has 6 nitrogen and oxygen atoms in total. The van der Waals surface area contributed by atoms with E-state index in [0.29, 0.717) is 29.9 Å². The fourth-order valence-electron chi connectivity index (χ4n) is 2.29. The average molecular weight is 278 g/mol. The van der Waals surface area contributed by atoms with Gasteiger partial charge in [0.15, 0.2) is 0 Å². The Kier molecular flexibility index (Phi) is 5.29. The van der Waals surface area contributed by atoms with Crippen LogP contribution in [-0.4, -0.2) is 41.7 Å². The minimum Gasteiger partial charge on any atom is -0.462 e. The number of aromatic nitrogens is 2. The third-order valence-corrected chi connectivity index (χ3v) is 3.38. The Labute approximate surface area is 119 Å². The molecule has 0 radical (unpaired) electrons. The lowest BCUT2D eigenvalue weighted by molar-refractivity contribution is 0.0524. The van der Waals surface area contributed by atoms with E-state index in [1.54, 1.807) is 13.8 Å². The lowest BCUT2D eigenvalue weighted by Crippen LogP contribution is -2.23. The van der Waals surface area contributed by atoms with Crippen LogP contribution in [0.1, 0.15) is 42.2 Å². The zero-order valence-electron chi connectivity index (χ0n) is 12.1. The summed E-state index contributed by atoms with van der Waals surface area (Å²) in [5.74, 6) is 0.220. The molecule has 1 aliphatic heterocycles. The Balaban J connectivity index is 2.02. The van der Waals surface area contributed by atoms with E-state index in [2.05, 4.69) is 20.6 Å². The van der Waals surface area contributed by atoms with Crippen molar-refractivity contribution >= 4 is 11.9 Å². The second kappa shape index (κ2) is 7.19. The lowest BCUT2D eigenvalue weighted by Gasteiger charge is -2.16. The third kappa shape index (κ3) is 3.90. The highest BCUT2D eigenvalue weighted by Gasteiger charge is 2.15. The highest BCUT2D eigenvalue weighted by molar-refractivity contribution is 5.90. The van der Waals surface area contributed by atoms with Gasteiger partial charge in [-0.05, 0) is 46.2 Å². The number of carbonyl (C=O) groups excluding carboxylic acids is 1. The van der Waals surface area contributed by atoms with E-state index < -0.39 is 0 Å². The molecule has 1 aromatic heterocycles. The zero-order chi connectivity index (χ0) is 14.4. The lowest BCUT2D eigenvalue weighted by atomic mass is 10.1. The van der Waals surface area contributed by atoms with Crippen LogP contribution in [0.4, 0.5) is 5.95 Å². The monoisotopic (exact) mass is 278 g/mol. The van der Waals surface area contributed by atoms with Crippen molar-refractivity contribution in [3.05, 3.63) is 17.5 Å². The largest absolute Gasteiger partial charge is 0.462 e. The van der Waals surface area contributed by atoms with Gasteiger partial charge in [0.1, 0.15) is 0 Å². The number of ether oxygens (including phenoxy) is 1. The number of carbonyl (C=O) groups is 1. The standard InChI is InChI=1S/C14H22N4O2/c1-3-20-13(19)12-9-16-14(17-10(12)2)18-11-5-4-7-15-8-6-11/h9,11,15H,3-8H2,1-2H3,(H,16,17,18). The molecular formula is C14H22N4O2. The van der Waals surface area contributed by atoms with Crippen molar-refractivity contribution in [2.75, 3.05) is 25.0 Å². The smallest absolute Gasteiger partial charge is 0.341 e. The van der Waals surface area contributed by atoms with Crippen molar-refractivity contribution < 1.29 is 9.53 Å². The van der Waals surface area contributed by atoms with Crippen LogP contribution < -0.4 is 10.6 Å². The molecule has 20 heavy (non-hydrogen) atoms. The van der Waals surface area contributed by atoms with Crippen LogP contribution in [0, 0.1) is 6.92 Å². The van der Waals surface area contributed by atoms with Crippen molar-refractivity contribution in [2.45, 2.75) is 39.2 Å². The molecule has 1 atom stereocenters. The van der Waals surface area contributed by atoms with Crippen molar-refractivity contribution in [1.82, 2.24) is 15.3 Å². The number of nitrogens with zero attached hydrogens (tertiary/aromatic N) is 2. The molecule has 1 aromatic rings. The van der Waals surface area contributed by atoms with E-state index in [4.69, 9.17) is 4.74 Å². The second-order valence-corrected chi connectivity index (χ2v) is 4.94. The summed E-state index contributed by atoms with van der Waals surface area (Å²) in [5.41, 5.74) is 1.08. The van der Waals surface area contributed by atoms with Crippen LogP contribution in [0.5, 0.6) is 0 Å². The summed E-state index contributed by atoms with van der Waals surface area (Å²) in [7, 11) is 0. The normalized spacial score (nSPS) is 19.2. The third-order valence-electron chi connectivity index (χ3n) is 3.38. The van der Waals surface area contributed by atoms with Crippen LogP contribution in [0.15, 0.2) is 6.20 Å². The minimum absolute atomic E-state index is 0.355. The number of hydrogen-bond acceptors (Lipinski definition) is 6. The first-order valence-electron chi connectivity index (χ1n) is 7.18. The maximum absolute atomic E-state index is 11.7. The van der Waals surface area contributed by atoms with Crippen LogP contribution in [-0.2, 0) is 4.74 Å². The Morgan fingerprint density at radius 1 is 1.50 bits per heavy atom. The van der Waals surface area contributed by atoms with Gasteiger partial charge in [0.25, 0.3) is 0 Å². The van der Waals surface area contributed by atoms with Gasteiger partial charge in [-0.1, -0.05) is 0 Å². The van der Waals surface area contributed by atoms with Gasteiger partial charge in [0, 0.05) is 12.2 Å². The van der Waals surface area contributed by atoms with E-state index >= 15 is 0 Å². The van der Waals surface area contributed by atoms with E-state index in [1.807, 2.05) is 0 Å². The first-order chi connectivity index (χ1) is 9.70. The number of hydrogen-bond donors (Lipinski definition) is 2. The summed E-state index contributed by atoms with van der Waals surface area (Å²) in [6, 6.07) is 0.387. The fraction of sp³-hybridized carbons (Fsp3) is 0.643. The molecule has 1 fully saturated rings. The molecule has 2 rings (SSSR count). The number of esters is 1. The maximum Gasteiger partial charge on any atom is 0.341 e. The molecule has 6 heteroatoms. The average Bonchev–Trinajstić information content (AvgIpc) is 2.67. The SMILES string of the molecule is CCOC(=O)c1cnc(NC2CCCNCC2)nc1C. The highest BCUT2D eigenvalue weighted by atomic mass is 16.5. The summed E-state index contributed by atoms with van der Waals surface area (Å²) in [6.07, 6.45) is 4.85. The Morgan fingerprint density at radius 3 is 3.10 bits per heavy atom. The van der Waals surface area contributed by atoms with Crippen molar-refractivity contribution in [3.8, 4) is 0 Å². The predicted octanol–water partition coefficient (Wildman–Crippen LogP) is 1.52. The molecule has 0 aliphatic carbocycles. The molecule has 110 valence electrons. The molecule has 2 N–H and O–H groups in total. The highest BCUT2D eigenvalue weighted by Crippen LogP contribution is 2.13. The molecule has 2 heterocycles. The van der Waals surface area contributed by atoms with Gasteiger partial charge >= 0.3 is 5.97 Å². The van der Waals surface area contributed by atoms with Gasteiger partial charge in [-0.2, -0.15) is 0 Å². The van der Waals surface area contributed by atoms with Crippen LogP contribution in [0.25, 0.3) is 0 Å². The molecular weight excluding hydrogens is 256 g/mol. The summed E-state index contributed by atoms with van der Waals surface area (Å²) in [4.78, 5) is 20.3. The van der Waals surface area contributed by atoms with E-state index in [-0.39, 0.29) is 5.97 Å². The topological polar surface area (TPSA) is 76.1 Å². The van der Waals surface area contributed by atoms with Gasteiger partial charge in [0.2, 0.25) is 5.95 Å². The fourth-order valence-corrected chi connectivity index (χ4v) is 2.29. The molecule has 0 bridgehead atoms. The van der Waals surface area contributed by atoms with Gasteiger partial charge in [-0.15, -0.1) is 0 Å². The van der Waals surface area contributed by atoms with Gasteiger partial charge in [0.05, 0.1) is 17.9 Å². The van der Waals surface area contributed by atoms with E-state index in [9.17, 15) is 4.79 Å². The van der Waals surface area contributed by atoms with Crippen LogP contribution in [0.2, 0.25) is 0 Å². The van der Waals surface area contributed by atoms with Crippen molar-refractivity contribution in [1.29, 1.82) is 0 Å². The number of anilines is 1. The molecule has 0 aromatic carbocycles. The van der Waals surface area contributed by atoms with Crippen molar-refractivity contribution in [2.24, 2.45) is 0 Å². The Morgan fingerprint density at radius 2 is 2.35 bits per heavy atom. The minimum atomic E-state index is -0.366. The quantitative estimate of drug-likeness (QED) is 0.813. The summed E-state index contributed by atoms with van der Waals surface area (Å²) in [5, 5.41) is 6.72. The first kappa shape index (κ1) is 14.7. The molecule has 1 saturated heterocycles. The van der Waals surface area contributed by atoms with Crippen molar-refractivity contribution in [3.63, 3.8) is 0 Å². The Bertz CT molecular complexity index is 456. The summed E-state index contributed by atoms with van der Waals surface area (Å²) in [6.45, 7) is 6.02. The molecule has 0 spiro atoms. The Hall–Kier alpha value is -1.69. The number of rotatable bonds is 4. The van der Waals surface area contributed by atoms with Crippen LogP contribution >= 0.6 is 0 Å². The predicted molar refractivity (Wildman–Crippen MR) is 76.9 cm³/mol.